The number of hydrogen-bond acceptors (Lipinski definition) is 3. The van der Waals surface area contributed by atoms with E-state index in [-0.39, 0.29) is 5.54 Å². The molecule has 0 atom stereocenters. The first-order valence-corrected chi connectivity index (χ1v) is 7.69. The van der Waals surface area contributed by atoms with Crippen LogP contribution in [0.1, 0.15) is 40.5 Å². The van der Waals surface area contributed by atoms with E-state index in [2.05, 4.69) is 53.1 Å². The van der Waals surface area contributed by atoms with Crippen molar-refractivity contribution in [2.45, 2.75) is 52.6 Å². The van der Waals surface area contributed by atoms with E-state index in [0.717, 1.165) is 38.4 Å². The van der Waals surface area contributed by atoms with Gasteiger partial charge in [0.25, 0.3) is 0 Å². The van der Waals surface area contributed by atoms with Gasteiger partial charge in [0.2, 0.25) is 0 Å². The number of aryl methyl sites for hydroxylation is 1. The Morgan fingerprint density at radius 2 is 1.86 bits per heavy atom. The molecule has 1 aliphatic rings. The van der Waals surface area contributed by atoms with Crippen molar-refractivity contribution in [3.05, 3.63) is 12.7 Å². The Morgan fingerprint density at radius 1 is 1.19 bits per heavy atom. The summed E-state index contributed by atoms with van der Waals surface area (Å²) in [5, 5.41) is 11.1. The SMILES string of the molecule is CN=C(NCCCCn1cnnc1)N1CC(C)(C)C1(C)C. The lowest BCUT2D eigenvalue weighted by Gasteiger charge is -2.62. The minimum atomic E-state index is 0.150. The molecule has 0 aromatic carbocycles. The third-order valence-electron chi connectivity index (χ3n) is 4.94. The van der Waals surface area contributed by atoms with Gasteiger partial charge < -0.3 is 14.8 Å². The molecular weight excluding hydrogens is 264 g/mol. The van der Waals surface area contributed by atoms with Crippen LogP contribution in [0, 0.1) is 5.41 Å². The summed E-state index contributed by atoms with van der Waals surface area (Å²) in [6, 6.07) is 0. The number of likely N-dealkylation sites (tertiary alicyclic amines) is 1. The highest BCUT2D eigenvalue weighted by atomic mass is 15.4. The minimum absolute atomic E-state index is 0.150. The van der Waals surface area contributed by atoms with Crippen molar-refractivity contribution in [2.24, 2.45) is 10.4 Å². The lowest BCUT2D eigenvalue weighted by molar-refractivity contribution is -0.0667. The van der Waals surface area contributed by atoms with Crippen LogP contribution in [-0.4, -0.2) is 51.3 Å². The van der Waals surface area contributed by atoms with Gasteiger partial charge in [-0.3, -0.25) is 4.99 Å². The van der Waals surface area contributed by atoms with Crippen LogP contribution in [0.3, 0.4) is 0 Å². The molecule has 118 valence electrons. The van der Waals surface area contributed by atoms with Gasteiger partial charge in [-0.2, -0.15) is 0 Å². The summed E-state index contributed by atoms with van der Waals surface area (Å²) in [6.07, 6.45) is 5.74. The fourth-order valence-corrected chi connectivity index (χ4v) is 2.65. The standard InChI is InChI=1S/C15H28N6/c1-14(2)10-21(15(14,3)4)13(16-5)17-8-6-7-9-20-11-18-19-12-20/h11-12H,6-10H2,1-5H3,(H,16,17). The molecule has 1 aromatic heterocycles. The van der Waals surface area contributed by atoms with E-state index in [4.69, 9.17) is 0 Å². The summed E-state index contributed by atoms with van der Waals surface area (Å²) in [4.78, 5) is 6.79. The molecule has 6 nitrogen and oxygen atoms in total. The number of nitrogens with one attached hydrogen (secondary N) is 1. The van der Waals surface area contributed by atoms with E-state index >= 15 is 0 Å². The first-order valence-electron chi connectivity index (χ1n) is 7.69. The molecule has 0 aliphatic carbocycles. The first-order chi connectivity index (χ1) is 9.88. The van der Waals surface area contributed by atoms with Gasteiger partial charge in [0.05, 0.1) is 0 Å². The summed E-state index contributed by atoms with van der Waals surface area (Å²) in [5.41, 5.74) is 0.483. The summed E-state index contributed by atoms with van der Waals surface area (Å²) in [6.45, 7) is 12.2. The second kappa shape index (κ2) is 6.03. The van der Waals surface area contributed by atoms with Gasteiger partial charge in [0.15, 0.2) is 5.96 Å². The van der Waals surface area contributed by atoms with Crippen LogP contribution in [0.2, 0.25) is 0 Å². The average Bonchev–Trinajstić information content (AvgIpc) is 2.94. The molecule has 0 unspecified atom stereocenters. The third-order valence-corrected chi connectivity index (χ3v) is 4.94. The van der Waals surface area contributed by atoms with Crippen molar-refractivity contribution < 1.29 is 0 Å². The van der Waals surface area contributed by atoms with Crippen LogP contribution in [0.5, 0.6) is 0 Å². The summed E-state index contributed by atoms with van der Waals surface area (Å²) in [7, 11) is 1.86. The Hall–Kier alpha value is -1.59. The highest BCUT2D eigenvalue weighted by Crippen LogP contribution is 2.46. The molecule has 21 heavy (non-hydrogen) atoms. The maximum absolute atomic E-state index is 4.43. The second-order valence-corrected chi connectivity index (χ2v) is 6.91. The smallest absolute Gasteiger partial charge is 0.194 e. The van der Waals surface area contributed by atoms with Crippen molar-refractivity contribution in [3.8, 4) is 0 Å². The average molecular weight is 292 g/mol. The molecule has 0 spiro atoms. The first kappa shape index (κ1) is 15.8. The predicted octanol–water partition coefficient (Wildman–Crippen LogP) is 1.75. The third kappa shape index (κ3) is 3.19. The van der Waals surface area contributed by atoms with Crippen LogP contribution in [0.4, 0.5) is 0 Å². The lowest BCUT2D eigenvalue weighted by Crippen LogP contribution is -2.72. The molecule has 2 heterocycles. The molecule has 1 fully saturated rings. The molecule has 0 saturated carbocycles. The van der Waals surface area contributed by atoms with Gasteiger partial charge in [0.1, 0.15) is 12.7 Å². The molecule has 1 N–H and O–H groups in total. The number of unbranched alkanes of at least 4 members (excludes halogenated alkanes) is 1. The second-order valence-electron chi connectivity index (χ2n) is 6.91. The van der Waals surface area contributed by atoms with Gasteiger partial charge in [-0.05, 0) is 26.7 Å². The Balaban J connectivity index is 1.72. The zero-order valence-corrected chi connectivity index (χ0v) is 13.9. The predicted molar refractivity (Wildman–Crippen MR) is 85.2 cm³/mol. The van der Waals surface area contributed by atoms with Gasteiger partial charge in [0, 0.05) is 37.6 Å². The van der Waals surface area contributed by atoms with Crippen LogP contribution < -0.4 is 5.32 Å². The number of aromatic nitrogens is 3. The molecule has 0 bridgehead atoms. The molecule has 0 amide bonds. The van der Waals surface area contributed by atoms with E-state index in [1.165, 1.54) is 0 Å². The Kier molecular flexibility index (Phi) is 4.54. The highest BCUT2D eigenvalue weighted by Gasteiger charge is 2.53. The van der Waals surface area contributed by atoms with Gasteiger partial charge in [-0.1, -0.05) is 13.8 Å². The van der Waals surface area contributed by atoms with E-state index in [9.17, 15) is 0 Å². The van der Waals surface area contributed by atoms with Gasteiger partial charge >= 0.3 is 0 Å². The fourth-order valence-electron chi connectivity index (χ4n) is 2.65. The van der Waals surface area contributed by atoms with Crippen molar-refractivity contribution in [1.82, 2.24) is 25.0 Å². The Labute approximate surface area is 127 Å². The molecule has 1 aliphatic heterocycles. The number of hydrogen-bond donors (Lipinski definition) is 1. The van der Waals surface area contributed by atoms with Crippen LogP contribution in [-0.2, 0) is 6.54 Å². The molecule has 1 aromatic rings. The summed E-state index contributed by atoms with van der Waals surface area (Å²) in [5.74, 6) is 1.02. The fraction of sp³-hybridized carbons (Fsp3) is 0.800. The van der Waals surface area contributed by atoms with Crippen molar-refractivity contribution >= 4 is 5.96 Å². The largest absolute Gasteiger partial charge is 0.356 e. The molecule has 1 saturated heterocycles. The maximum atomic E-state index is 4.43. The van der Waals surface area contributed by atoms with Crippen molar-refractivity contribution in [3.63, 3.8) is 0 Å². The Morgan fingerprint density at radius 3 is 2.38 bits per heavy atom. The quantitative estimate of drug-likeness (QED) is 0.510. The zero-order chi connectivity index (χ0) is 15.5. The van der Waals surface area contributed by atoms with Crippen molar-refractivity contribution in [2.75, 3.05) is 20.1 Å². The lowest BCUT2D eigenvalue weighted by atomic mass is 9.65. The van der Waals surface area contributed by atoms with Crippen LogP contribution in [0.15, 0.2) is 17.6 Å². The number of guanidine groups is 1. The Bertz CT molecular complexity index is 474. The number of rotatable bonds is 5. The maximum Gasteiger partial charge on any atom is 0.194 e. The highest BCUT2D eigenvalue weighted by molar-refractivity contribution is 5.81. The molecule has 0 radical (unpaired) electrons. The van der Waals surface area contributed by atoms with E-state index in [0.29, 0.717) is 5.41 Å². The number of nitrogens with zero attached hydrogens (tertiary/aromatic N) is 5. The molecular formula is C15H28N6. The molecule has 2 rings (SSSR count). The van der Waals surface area contributed by atoms with E-state index < -0.39 is 0 Å². The summed E-state index contributed by atoms with van der Waals surface area (Å²) >= 11 is 0. The van der Waals surface area contributed by atoms with E-state index in [1.807, 2.05) is 11.6 Å². The zero-order valence-electron chi connectivity index (χ0n) is 13.9. The monoisotopic (exact) mass is 292 g/mol. The van der Waals surface area contributed by atoms with Crippen molar-refractivity contribution in [1.29, 1.82) is 0 Å². The van der Waals surface area contributed by atoms with Crippen LogP contribution in [0.25, 0.3) is 0 Å². The number of aliphatic imine (C=N–C) groups is 1. The normalized spacial score (nSPS) is 20.2. The van der Waals surface area contributed by atoms with E-state index in [1.54, 1.807) is 12.7 Å². The summed E-state index contributed by atoms with van der Waals surface area (Å²) < 4.78 is 2.01. The van der Waals surface area contributed by atoms with Crippen LogP contribution >= 0.6 is 0 Å². The minimum Gasteiger partial charge on any atom is -0.356 e. The topological polar surface area (TPSA) is 58.3 Å². The van der Waals surface area contributed by atoms with Gasteiger partial charge in [-0.15, -0.1) is 10.2 Å². The van der Waals surface area contributed by atoms with Gasteiger partial charge in [-0.25, -0.2) is 0 Å². The molecule has 6 heteroatoms.